The molecule has 3 N–H and O–H groups in total. The van der Waals surface area contributed by atoms with Crippen LogP contribution in [0.15, 0.2) is 77.6 Å². The molecule has 1 radical (unpaired) electrons. The molecule has 219 valence electrons. The maximum atomic E-state index is 14.4. The minimum absolute atomic E-state index is 0. The molecule has 0 unspecified atom stereocenters. The minimum Gasteiger partial charge on any atom is -0.481 e. The van der Waals surface area contributed by atoms with Crippen LogP contribution in [-0.4, -0.2) is 72.2 Å². The van der Waals surface area contributed by atoms with E-state index in [2.05, 4.69) is 0 Å². The van der Waals surface area contributed by atoms with Gasteiger partial charge in [0, 0.05) is 57.6 Å². The molecule has 5 aromatic rings. The first-order valence-corrected chi connectivity index (χ1v) is 13.9. The zero-order chi connectivity index (χ0) is 30.1. The first-order valence-electron chi connectivity index (χ1n) is 13.9. The molecule has 0 aliphatic rings. The number of hydrogen-bond donors (Lipinski definition) is 3. The molecule has 0 amide bonds. The average Bonchev–Trinajstić information content (AvgIpc) is 3.28. The van der Waals surface area contributed by atoms with E-state index in [0.717, 1.165) is 16.6 Å². The largest absolute Gasteiger partial charge is 0.481 e. The molecular formula is C33H32F2N2NaO5. The van der Waals surface area contributed by atoms with Crippen LogP contribution in [0.3, 0.4) is 0 Å². The maximum absolute atomic E-state index is 14.4. The van der Waals surface area contributed by atoms with Crippen LogP contribution in [0.1, 0.15) is 44.8 Å². The minimum atomic E-state index is -1.20. The van der Waals surface area contributed by atoms with Gasteiger partial charge in [0.15, 0.2) is 0 Å². The normalized spacial score (nSPS) is 12.9. The standard InChI is InChI=1S/C33H32F2N2O5.Na/c1-19(2)36-28(15-14-24(38)17-25(39)18-29(40)41)30(20-10-12-21(34)13-11-20)31-26-8-3-4-9-27(26)37(33(42)32(31)36)23-7-5-6-22(35)16-23;/h3-13,16,19,24-25,38-39H,14-15,17-18H2,1-2H3,(H,40,41);/t24-,25-;/m1./s1. The van der Waals surface area contributed by atoms with Gasteiger partial charge in [-0.3, -0.25) is 14.2 Å². The van der Waals surface area contributed by atoms with E-state index in [9.17, 15) is 28.6 Å². The molecule has 7 nitrogen and oxygen atoms in total. The van der Waals surface area contributed by atoms with Crippen LogP contribution >= 0.6 is 0 Å². The third-order valence-corrected chi connectivity index (χ3v) is 7.51. The number of aliphatic hydroxyl groups excluding tert-OH is 2. The third kappa shape index (κ3) is 6.61. The van der Waals surface area contributed by atoms with Gasteiger partial charge >= 0.3 is 5.97 Å². The van der Waals surface area contributed by atoms with Gasteiger partial charge in [-0.1, -0.05) is 36.4 Å². The van der Waals surface area contributed by atoms with E-state index in [1.165, 1.54) is 28.8 Å². The summed E-state index contributed by atoms with van der Waals surface area (Å²) in [6, 6.07) is 19.0. The summed E-state index contributed by atoms with van der Waals surface area (Å²) < 4.78 is 31.8. The Labute approximate surface area is 269 Å². The summed E-state index contributed by atoms with van der Waals surface area (Å²) in [5.74, 6) is -2.04. The number of aromatic nitrogens is 2. The van der Waals surface area contributed by atoms with Crippen molar-refractivity contribution in [2.75, 3.05) is 0 Å². The van der Waals surface area contributed by atoms with Gasteiger partial charge in [-0.2, -0.15) is 0 Å². The quantitative estimate of drug-likeness (QED) is 0.182. The molecule has 2 atom stereocenters. The number of carbonyl (C=O) groups is 1. The van der Waals surface area contributed by atoms with Crippen LogP contribution in [-0.2, 0) is 11.2 Å². The van der Waals surface area contributed by atoms with Crippen LogP contribution < -0.4 is 5.56 Å². The van der Waals surface area contributed by atoms with Gasteiger partial charge in [-0.05, 0) is 75.1 Å². The van der Waals surface area contributed by atoms with Gasteiger partial charge in [0.2, 0.25) is 0 Å². The molecule has 0 fully saturated rings. The Hall–Kier alpha value is -3.34. The van der Waals surface area contributed by atoms with Crippen molar-refractivity contribution in [2.24, 2.45) is 0 Å². The number of halogens is 2. The number of benzene rings is 3. The number of pyridine rings is 1. The predicted molar refractivity (Wildman–Crippen MR) is 164 cm³/mol. The summed E-state index contributed by atoms with van der Waals surface area (Å²) in [6.07, 6.45) is -2.32. The van der Waals surface area contributed by atoms with Gasteiger partial charge in [-0.15, -0.1) is 0 Å². The number of carboxylic acid groups (broad SMARTS) is 1. The molecule has 0 saturated carbocycles. The Bertz CT molecular complexity index is 1830. The zero-order valence-corrected chi connectivity index (χ0v) is 26.3. The number of carboxylic acids is 1. The van der Waals surface area contributed by atoms with E-state index in [-0.39, 0.29) is 60.4 Å². The van der Waals surface area contributed by atoms with Crippen molar-refractivity contribution in [1.29, 1.82) is 0 Å². The van der Waals surface area contributed by atoms with E-state index in [0.29, 0.717) is 27.7 Å². The smallest absolute Gasteiger partial charge is 0.305 e. The van der Waals surface area contributed by atoms with Crippen molar-refractivity contribution in [1.82, 2.24) is 9.13 Å². The fourth-order valence-corrected chi connectivity index (χ4v) is 5.84. The topological polar surface area (TPSA) is 105 Å². The summed E-state index contributed by atoms with van der Waals surface area (Å²) in [6.45, 7) is 3.87. The summed E-state index contributed by atoms with van der Waals surface area (Å²) in [5.41, 5.74) is 3.13. The number of rotatable bonds is 10. The fourth-order valence-electron chi connectivity index (χ4n) is 5.84. The van der Waals surface area contributed by atoms with Crippen molar-refractivity contribution in [3.8, 4) is 16.8 Å². The van der Waals surface area contributed by atoms with E-state index >= 15 is 0 Å². The van der Waals surface area contributed by atoms with E-state index in [4.69, 9.17) is 5.11 Å². The molecule has 3 aromatic carbocycles. The van der Waals surface area contributed by atoms with Crippen LogP contribution in [0.25, 0.3) is 38.6 Å². The molecule has 2 heterocycles. The molecule has 43 heavy (non-hydrogen) atoms. The van der Waals surface area contributed by atoms with Crippen molar-refractivity contribution < 1.29 is 28.9 Å². The van der Waals surface area contributed by atoms with Crippen LogP contribution in [0, 0.1) is 11.6 Å². The van der Waals surface area contributed by atoms with Crippen LogP contribution in [0.5, 0.6) is 0 Å². The van der Waals surface area contributed by atoms with Gasteiger partial charge in [0.05, 0.1) is 29.8 Å². The second-order valence-corrected chi connectivity index (χ2v) is 10.8. The molecule has 0 saturated heterocycles. The SMILES string of the molecule is CC(C)n1c(CC[C@@H](O)C[C@@H](O)CC(=O)O)c(-c2ccc(F)cc2)c2c3ccccc3n(-c3cccc(F)c3)c(=O)c21.[Na]. The van der Waals surface area contributed by atoms with Crippen LogP contribution in [0.4, 0.5) is 8.78 Å². The number of aliphatic hydroxyl groups is 2. The second kappa shape index (κ2) is 13.5. The van der Waals surface area contributed by atoms with Gasteiger partial charge in [0.1, 0.15) is 17.2 Å². The van der Waals surface area contributed by atoms with Gasteiger partial charge in [0.25, 0.3) is 5.56 Å². The Morgan fingerprint density at radius 3 is 2.26 bits per heavy atom. The van der Waals surface area contributed by atoms with E-state index in [1.807, 2.05) is 30.5 Å². The summed E-state index contributed by atoms with van der Waals surface area (Å²) in [4.78, 5) is 25.4. The molecule has 0 aliphatic heterocycles. The Balaban J connectivity index is 0.00000423. The number of para-hydroxylation sites is 1. The fraction of sp³-hybridized carbons (Fsp3) is 0.273. The summed E-state index contributed by atoms with van der Waals surface area (Å²) >= 11 is 0. The molecule has 0 bridgehead atoms. The number of nitrogens with zero attached hydrogens (tertiary/aromatic N) is 2. The maximum Gasteiger partial charge on any atom is 0.305 e. The first kappa shape index (κ1) is 32.6. The van der Waals surface area contributed by atoms with Crippen molar-refractivity contribution in [3.63, 3.8) is 0 Å². The monoisotopic (exact) mass is 597 g/mol. The van der Waals surface area contributed by atoms with E-state index < -0.39 is 36.2 Å². The van der Waals surface area contributed by atoms with E-state index in [1.54, 1.807) is 36.4 Å². The Morgan fingerprint density at radius 1 is 0.907 bits per heavy atom. The van der Waals surface area contributed by atoms with Gasteiger partial charge in [-0.25, -0.2) is 8.78 Å². The molecule has 0 spiro atoms. The molecule has 10 heteroatoms. The molecule has 2 aromatic heterocycles. The van der Waals surface area contributed by atoms with Crippen LogP contribution in [0.2, 0.25) is 0 Å². The summed E-state index contributed by atoms with van der Waals surface area (Å²) in [7, 11) is 0. The molecule has 0 aliphatic carbocycles. The predicted octanol–water partition coefficient (Wildman–Crippen LogP) is 5.61. The first-order chi connectivity index (χ1) is 20.1. The Morgan fingerprint density at radius 2 is 1.60 bits per heavy atom. The number of aliphatic carboxylic acids is 1. The number of fused-ring (bicyclic) bond motifs is 3. The second-order valence-electron chi connectivity index (χ2n) is 10.8. The molecular weight excluding hydrogens is 565 g/mol. The molecule has 5 rings (SSSR count). The summed E-state index contributed by atoms with van der Waals surface area (Å²) in [5, 5.41) is 31.2. The zero-order valence-electron chi connectivity index (χ0n) is 24.3. The number of hydrogen-bond acceptors (Lipinski definition) is 4. The van der Waals surface area contributed by atoms with Crippen molar-refractivity contribution in [2.45, 2.75) is 57.8 Å². The van der Waals surface area contributed by atoms with Crippen molar-refractivity contribution >= 4 is 57.3 Å². The average molecular weight is 598 g/mol. The third-order valence-electron chi connectivity index (χ3n) is 7.51. The Kier molecular flexibility index (Phi) is 10.2. The van der Waals surface area contributed by atoms with Gasteiger partial charge < -0.3 is 19.9 Å². The van der Waals surface area contributed by atoms with Crippen molar-refractivity contribution in [3.05, 3.63) is 100 Å².